The molecule has 0 spiro atoms. The van der Waals surface area contributed by atoms with Crippen LogP contribution in [0.3, 0.4) is 0 Å². The van der Waals surface area contributed by atoms with E-state index in [-0.39, 0.29) is 45.2 Å². The SMILES string of the molecule is Nc1nccs1.O=C(Nc1nccs1)c1cccn2nc(-c3ccc(F)cc3C(F)F)nc12.O=C(O)c1cccn2nc(-c3ccc(F)cc3C(F)F)nc12. The number of rotatable bonds is 7. The standard InChI is InChI=1S/C17H10F3N5OS.C14H8F3N3O2.C3H4N2S/c18-9-3-4-10(12(8-9)13(19)20)14-22-15-11(2-1-6-25(15)24-14)16(26)23-17-21-5-7-27-17;15-7-3-4-8(10(6-7)11(16)17)12-18-13-9(14(21)22)2-1-5-20(13)19-12;4-3-5-1-2-6-3/h1-8,13H,(H,21,23,26);1-6,11H,(H,21,22);1-2H,(H2,4,5). The summed E-state index contributed by atoms with van der Waals surface area (Å²) in [6, 6.07) is 11.8. The highest BCUT2D eigenvalue weighted by molar-refractivity contribution is 7.13. The molecular weight excluding hydrogens is 775 g/mol. The molecule has 0 saturated carbocycles. The van der Waals surface area contributed by atoms with E-state index in [1.807, 2.05) is 5.38 Å². The monoisotopic (exact) mass is 796 g/mol. The van der Waals surface area contributed by atoms with Gasteiger partial charge in [0, 0.05) is 57.8 Å². The molecule has 6 heterocycles. The number of hydrogen-bond acceptors (Lipinski definition) is 11. The number of nitrogens with one attached hydrogen (secondary N) is 1. The Hall–Kier alpha value is -6.74. The van der Waals surface area contributed by atoms with Gasteiger partial charge in [0.2, 0.25) is 0 Å². The van der Waals surface area contributed by atoms with Crippen LogP contribution in [0.4, 0.5) is 36.6 Å². The minimum Gasteiger partial charge on any atom is -0.478 e. The van der Waals surface area contributed by atoms with Crippen molar-refractivity contribution in [2.75, 3.05) is 11.1 Å². The van der Waals surface area contributed by atoms with Crippen LogP contribution in [0.5, 0.6) is 0 Å². The second kappa shape index (κ2) is 16.5. The molecule has 0 bridgehead atoms. The highest BCUT2D eigenvalue weighted by Gasteiger charge is 2.22. The van der Waals surface area contributed by atoms with Crippen molar-refractivity contribution >= 4 is 56.1 Å². The van der Waals surface area contributed by atoms with Crippen molar-refractivity contribution in [3.05, 3.63) is 130 Å². The molecule has 0 atom stereocenters. The van der Waals surface area contributed by atoms with E-state index in [0.717, 1.165) is 24.3 Å². The first-order valence-electron chi connectivity index (χ1n) is 15.4. The molecule has 0 fully saturated rings. The number of carbonyl (C=O) groups excluding carboxylic acids is 1. The third-order valence-electron chi connectivity index (χ3n) is 7.28. The van der Waals surface area contributed by atoms with E-state index in [0.29, 0.717) is 16.3 Å². The van der Waals surface area contributed by atoms with Gasteiger partial charge in [0.1, 0.15) is 17.2 Å². The number of nitrogen functional groups attached to an aromatic ring is 1. The first-order valence-corrected chi connectivity index (χ1v) is 17.1. The van der Waals surface area contributed by atoms with Gasteiger partial charge in [0.15, 0.2) is 33.2 Å². The number of amides is 1. The van der Waals surface area contributed by atoms with E-state index in [1.165, 1.54) is 68.4 Å². The Morgan fingerprint density at radius 1 is 0.727 bits per heavy atom. The van der Waals surface area contributed by atoms with Crippen LogP contribution in [0.25, 0.3) is 34.1 Å². The molecule has 0 saturated heterocycles. The summed E-state index contributed by atoms with van der Waals surface area (Å²) in [5.41, 5.74) is 4.38. The predicted octanol–water partition coefficient (Wildman–Crippen LogP) is 8.08. The van der Waals surface area contributed by atoms with Gasteiger partial charge in [-0.3, -0.25) is 10.1 Å². The van der Waals surface area contributed by atoms with Crippen molar-refractivity contribution in [1.29, 1.82) is 0 Å². The van der Waals surface area contributed by atoms with Crippen molar-refractivity contribution in [3.8, 4) is 22.8 Å². The number of anilines is 2. The first-order chi connectivity index (χ1) is 26.4. The van der Waals surface area contributed by atoms with Gasteiger partial charge >= 0.3 is 5.97 Å². The zero-order chi connectivity index (χ0) is 39.2. The van der Waals surface area contributed by atoms with Gasteiger partial charge in [-0.05, 0) is 60.7 Å². The lowest BCUT2D eigenvalue weighted by molar-refractivity contribution is 0.0698. The van der Waals surface area contributed by atoms with E-state index in [1.54, 1.807) is 23.8 Å². The van der Waals surface area contributed by atoms with Crippen LogP contribution in [-0.4, -0.2) is 56.1 Å². The molecule has 8 rings (SSSR count). The van der Waals surface area contributed by atoms with Gasteiger partial charge in [0.25, 0.3) is 18.8 Å². The Balaban J connectivity index is 0.000000165. The fourth-order valence-electron chi connectivity index (χ4n) is 4.90. The van der Waals surface area contributed by atoms with E-state index in [2.05, 4.69) is 35.5 Å². The number of nitrogens with zero attached hydrogens (tertiary/aromatic N) is 8. The Bertz CT molecular complexity index is 2600. The normalized spacial score (nSPS) is 11.0. The van der Waals surface area contributed by atoms with Crippen molar-refractivity contribution < 1.29 is 41.0 Å². The Kier molecular flexibility index (Phi) is 11.4. The molecule has 0 aliphatic rings. The number of alkyl halides is 4. The van der Waals surface area contributed by atoms with Crippen molar-refractivity contribution in [2.45, 2.75) is 12.9 Å². The zero-order valence-corrected chi connectivity index (χ0v) is 29.0. The molecule has 21 heteroatoms. The predicted molar refractivity (Wildman–Crippen MR) is 190 cm³/mol. The van der Waals surface area contributed by atoms with Crippen LogP contribution in [0.2, 0.25) is 0 Å². The number of thiazole rings is 2. The summed E-state index contributed by atoms with van der Waals surface area (Å²) < 4.78 is 81.6. The molecule has 4 N–H and O–H groups in total. The molecule has 0 radical (unpaired) electrons. The average Bonchev–Trinajstić information content (AvgIpc) is 3.99. The summed E-state index contributed by atoms with van der Waals surface area (Å²) in [6.45, 7) is 0. The second-order valence-corrected chi connectivity index (χ2v) is 12.6. The molecule has 13 nitrogen and oxygen atoms in total. The lowest BCUT2D eigenvalue weighted by atomic mass is 10.1. The number of aromatic nitrogens is 8. The molecule has 1 amide bonds. The number of nitrogens with two attached hydrogens (primary N) is 1. The molecule has 0 unspecified atom stereocenters. The molecule has 0 aliphatic heterocycles. The molecule has 2 aromatic carbocycles. The summed E-state index contributed by atoms with van der Waals surface area (Å²) in [4.78, 5) is 39.5. The minimum atomic E-state index is -2.91. The molecule has 6 aromatic heterocycles. The maximum absolute atomic E-state index is 13.3. The number of carbonyl (C=O) groups is 2. The fraction of sp³-hybridized carbons (Fsp3) is 0.0588. The topological polar surface area (TPSA) is 179 Å². The van der Waals surface area contributed by atoms with Gasteiger partial charge in [-0.1, -0.05) is 0 Å². The number of halogens is 6. The van der Waals surface area contributed by atoms with E-state index in [9.17, 15) is 35.9 Å². The largest absolute Gasteiger partial charge is 0.478 e. The molecule has 0 aliphatic carbocycles. The van der Waals surface area contributed by atoms with Crippen LogP contribution in [0, 0.1) is 11.6 Å². The number of aromatic carboxylic acids is 1. The highest BCUT2D eigenvalue weighted by Crippen LogP contribution is 2.32. The second-order valence-electron chi connectivity index (χ2n) is 10.8. The number of carboxylic acid groups (broad SMARTS) is 1. The van der Waals surface area contributed by atoms with Crippen LogP contribution >= 0.6 is 22.7 Å². The quantitative estimate of drug-likeness (QED) is 0.134. The zero-order valence-electron chi connectivity index (χ0n) is 27.4. The maximum atomic E-state index is 13.3. The summed E-state index contributed by atoms with van der Waals surface area (Å²) in [7, 11) is 0. The van der Waals surface area contributed by atoms with Gasteiger partial charge in [-0.25, -0.2) is 60.1 Å². The van der Waals surface area contributed by atoms with Gasteiger partial charge in [0.05, 0.1) is 5.56 Å². The number of hydrogen-bond donors (Lipinski definition) is 3. The number of fused-ring (bicyclic) bond motifs is 2. The van der Waals surface area contributed by atoms with Gasteiger partial charge in [-0.2, -0.15) is 0 Å². The summed E-state index contributed by atoms with van der Waals surface area (Å²) >= 11 is 2.70. The van der Waals surface area contributed by atoms with Crippen LogP contribution in [0.1, 0.15) is 44.7 Å². The lowest BCUT2D eigenvalue weighted by Gasteiger charge is -2.05. The summed E-state index contributed by atoms with van der Waals surface area (Å²) in [5, 5.41) is 24.5. The van der Waals surface area contributed by atoms with Crippen LogP contribution < -0.4 is 11.1 Å². The van der Waals surface area contributed by atoms with E-state index >= 15 is 0 Å². The number of benzene rings is 2. The van der Waals surface area contributed by atoms with Crippen molar-refractivity contribution in [1.82, 2.24) is 39.2 Å². The average molecular weight is 797 g/mol. The Morgan fingerprint density at radius 2 is 1.24 bits per heavy atom. The third kappa shape index (κ3) is 8.74. The van der Waals surface area contributed by atoms with Crippen LogP contribution in [0.15, 0.2) is 96.2 Å². The van der Waals surface area contributed by atoms with E-state index in [4.69, 9.17) is 10.8 Å². The first kappa shape index (κ1) is 38.0. The van der Waals surface area contributed by atoms with Crippen LogP contribution in [-0.2, 0) is 0 Å². The van der Waals surface area contributed by atoms with Gasteiger partial charge < -0.3 is 10.8 Å². The third-order valence-corrected chi connectivity index (χ3v) is 8.58. The molecule has 55 heavy (non-hydrogen) atoms. The number of pyridine rings is 2. The number of carboxylic acids is 1. The smallest absolute Gasteiger partial charge is 0.339 e. The molecular formula is C34H22F6N10O3S2. The lowest BCUT2D eigenvalue weighted by Crippen LogP contribution is -2.13. The van der Waals surface area contributed by atoms with Crippen molar-refractivity contribution in [2.24, 2.45) is 0 Å². The van der Waals surface area contributed by atoms with Crippen molar-refractivity contribution in [3.63, 3.8) is 0 Å². The minimum absolute atomic E-state index is 0.00128. The summed E-state index contributed by atoms with van der Waals surface area (Å²) in [6.07, 6.45) is 0.420. The Morgan fingerprint density at radius 3 is 1.67 bits per heavy atom. The fourth-order valence-corrected chi connectivity index (χ4v) is 5.81. The molecule has 280 valence electrons. The highest BCUT2D eigenvalue weighted by atomic mass is 32.1. The maximum Gasteiger partial charge on any atom is 0.339 e. The summed E-state index contributed by atoms with van der Waals surface area (Å²) in [5.74, 6) is -3.36. The Labute approximate surface area is 312 Å². The molecule has 8 aromatic rings. The van der Waals surface area contributed by atoms with E-state index < -0.39 is 47.5 Å². The van der Waals surface area contributed by atoms with Gasteiger partial charge in [-0.15, -0.1) is 32.9 Å².